The Labute approximate surface area is 102 Å². The molecule has 2 rings (SSSR count). The number of carboxylic acids is 1. The summed E-state index contributed by atoms with van der Waals surface area (Å²) in [6.45, 7) is 0. The zero-order valence-corrected chi connectivity index (χ0v) is 9.78. The molecule has 0 aromatic carbocycles. The maximum absolute atomic E-state index is 11.7. The van der Waals surface area contributed by atoms with Crippen molar-refractivity contribution in [1.29, 1.82) is 0 Å². The lowest BCUT2D eigenvalue weighted by molar-refractivity contribution is 0.0679. The Balaban J connectivity index is 2.17. The van der Waals surface area contributed by atoms with Crippen LogP contribution in [0.5, 0.6) is 0 Å². The van der Waals surface area contributed by atoms with E-state index < -0.39 is 11.9 Å². The smallest absolute Gasteiger partial charge is 0.372 e. The van der Waals surface area contributed by atoms with Crippen molar-refractivity contribution < 1.29 is 14.7 Å². The van der Waals surface area contributed by atoms with Crippen LogP contribution >= 0.6 is 0 Å². The Morgan fingerprint density at radius 2 is 2.06 bits per heavy atom. The molecule has 2 aromatic heterocycles. The Morgan fingerprint density at radius 1 is 1.33 bits per heavy atom. The predicted octanol–water partition coefficient (Wildman–Crippen LogP) is 0.104. The number of imidazole rings is 2. The van der Waals surface area contributed by atoms with Crippen LogP contribution in [0.25, 0.3) is 0 Å². The third-order valence-corrected chi connectivity index (χ3v) is 2.25. The molecule has 0 atom stereocenters. The van der Waals surface area contributed by atoms with Gasteiger partial charge in [-0.15, -0.1) is 0 Å². The third kappa shape index (κ3) is 2.21. The van der Waals surface area contributed by atoms with E-state index in [9.17, 15) is 9.59 Å². The van der Waals surface area contributed by atoms with E-state index >= 15 is 0 Å². The number of carbonyl (C=O) groups excluding carboxylic acids is 1. The largest absolute Gasteiger partial charge is 0.475 e. The molecule has 0 saturated carbocycles. The highest BCUT2D eigenvalue weighted by Crippen LogP contribution is 2.08. The van der Waals surface area contributed by atoms with Crippen LogP contribution in [-0.4, -0.2) is 36.1 Å². The van der Waals surface area contributed by atoms with Crippen molar-refractivity contribution in [2.75, 3.05) is 5.32 Å². The van der Waals surface area contributed by atoms with Crippen molar-refractivity contribution in [3.8, 4) is 0 Å². The zero-order valence-electron chi connectivity index (χ0n) is 9.78. The van der Waals surface area contributed by atoms with Crippen LogP contribution < -0.4 is 5.32 Å². The van der Waals surface area contributed by atoms with Crippen LogP contribution in [0.15, 0.2) is 18.7 Å². The van der Waals surface area contributed by atoms with Crippen molar-refractivity contribution in [3.05, 3.63) is 30.2 Å². The highest BCUT2D eigenvalue weighted by molar-refractivity contribution is 6.02. The lowest BCUT2D eigenvalue weighted by Gasteiger charge is -1.96. The number of anilines is 1. The molecule has 0 radical (unpaired) electrons. The first-order valence-electron chi connectivity index (χ1n) is 5.03. The van der Waals surface area contributed by atoms with E-state index in [-0.39, 0.29) is 17.3 Å². The Hall–Kier alpha value is -2.64. The predicted molar refractivity (Wildman–Crippen MR) is 61.3 cm³/mol. The molecule has 18 heavy (non-hydrogen) atoms. The maximum atomic E-state index is 11.7. The number of carbonyl (C=O) groups is 2. The van der Waals surface area contributed by atoms with Crippen LogP contribution in [0.4, 0.5) is 5.82 Å². The van der Waals surface area contributed by atoms with Crippen molar-refractivity contribution in [2.45, 2.75) is 0 Å². The normalized spacial score (nSPS) is 10.3. The number of nitrogens with one attached hydrogen (secondary N) is 1. The molecule has 94 valence electrons. The Kier molecular flexibility index (Phi) is 2.84. The molecule has 0 aliphatic heterocycles. The lowest BCUT2D eigenvalue weighted by Crippen LogP contribution is -2.12. The SMILES string of the molecule is Cn1cnc(C(=O)Nc2cn(C)c(C(=O)O)n2)c1. The van der Waals surface area contributed by atoms with Gasteiger partial charge in [0, 0.05) is 26.5 Å². The first kappa shape index (κ1) is 11.8. The van der Waals surface area contributed by atoms with Crippen LogP contribution in [0.2, 0.25) is 0 Å². The molecule has 0 aliphatic carbocycles. The van der Waals surface area contributed by atoms with E-state index in [2.05, 4.69) is 15.3 Å². The van der Waals surface area contributed by atoms with E-state index in [1.54, 1.807) is 17.8 Å². The summed E-state index contributed by atoms with van der Waals surface area (Å²) in [5.74, 6) is -1.57. The molecule has 0 unspecified atom stereocenters. The van der Waals surface area contributed by atoms with Gasteiger partial charge in [0.15, 0.2) is 5.82 Å². The molecule has 8 heteroatoms. The van der Waals surface area contributed by atoms with Gasteiger partial charge in [0.2, 0.25) is 5.82 Å². The number of aromatic carboxylic acids is 1. The maximum Gasteiger partial charge on any atom is 0.372 e. The summed E-state index contributed by atoms with van der Waals surface area (Å²) in [5.41, 5.74) is 0.236. The first-order chi connectivity index (χ1) is 8.47. The monoisotopic (exact) mass is 249 g/mol. The van der Waals surface area contributed by atoms with Crippen LogP contribution in [0.1, 0.15) is 21.1 Å². The fraction of sp³-hybridized carbons (Fsp3) is 0.200. The second kappa shape index (κ2) is 4.32. The minimum absolute atomic E-state index is 0.147. The number of aryl methyl sites for hydroxylation is 2. The molecule has 0 saturated heterocycles. The summed E-state index contributed by atoms with van der Waals surface area (Å²) in [5, 5.41) is 11.3. The number of rotatable bonds is 3. The van der Waals surface area contributed by atoms with E-state index in [1.807, 2.05) is 0 Å². The quantitative estimate of drug-likeness (QED) is 0.803. The van der Waals surface area contributed by atoms with Gasteiger partial charge in [0.05, 0.1) is 6.33 Å². The van der Waals surface area contributed by atoms with Gasteiger partial charge in [-0.05, 0) is 0 Å². The van der Waals surface area contributed by atoms with E-state index in [0.717, 1.165) is 0 Å². The summed E-state index contributed by atoms with van der Waals surface area (Å²) in [7, 11) is 3.28. The highest BCUT2D eigenvalue weighted by atomic mass is 16.4. The number of carboxylic acid groups (broad SMARTS) is 1. The van der Waals surface area contributed by atoms with Gasteiger partial charge in [0.25, 0.3) is 5.91 Å². The summed E-state index contributed by atoms with van der Waals surface area (Å²) < 4.78 is 2.95. The molecule has 0 spiro atoms. The molecule has 0 fully saturated rings. The van der Waals surface area contributed by atoms with E-state index in [0.29, 0.717) is 0 Å². The second-order valence-electron chi connectivity index (χ2n) is 3.74. The summed E-state index contributed by atoms with van der Waals surface area (Å²) in [6, 6.07) is 0. The second-order valence-corrected chi connectivity index (χ2v) is 3.74. The minimum atomic E-state index is -1.16. The molecule has 1 amide bonds. The van der Waals surface area contributed by atoms with Gasteiger partial charge in [-0.2, -0.15) is 0 Å². The molecule has 0 bridgehead atoms. The summed E-state index contributed by atoms with van der Waals surface area (Å²) >= 11 is 0. The number of hydrogen-bond acceptors (Lipinski definition) is 4. The van der Waals surface area contributed by atoms with Gasteiger partial charge >= 0.3 is 5.97 Å². The topological polar surface area (TPSA) is 102 Å². The third-order valence-electron chi connectivity index (χ3n) is 2.25. The van der Waals surface area contributed by atoms with Gasteiger partial charge < -0.3 is 19.6 Å². The van der Waals surface area contributed by atoms with Crippen molar-refractivity contribution in [3.63, 3.8) is 0 Å². The van der Waals surface area contributed by atoms with Gasteiger partial charge in [-0.3, -0.25) is 4.79 Å². The highest BCUT2D eigenvalue weighted by Gasteiger charge is 2.15. The Bertz CT molecular complexity index is 613. The fourth-order valence-electron chi connectivity index (χ4n) is 1.44. The summed E-state index contributed by atoms with van der Waals surface area (Å²) in [4.78, 5) is 30.2. The molecular formula is C10H11N5O3. The zero-order chi connectivity index (χ0) is 13.3. The van der Waals surface area contributed by atoms with Crippen LogP contribution in [0, 0.1) is 0 Å². The minimum Gasteiger partial charge on any atom is -0.475 e. The van der Waals surface area contributed by atoms with Crippen LogP contribution in [0.3, 0.4) is 0 Å². The molecular weight excluding hydrogens is 238 g/mol. The first-order valence-corrected chi connectivity index (χ1v) is 5.03. The van der Waals surface area contributed by atoms with Crippen molar-refractivity contribution in [2.24, 2.45) is 14.1 Å². The number of hydrogen-bond donors (Lipinski definition) is 2. The van der Waals surface area contributed by atoms with Crippen LogP contribution in [-0.2, 0) is 14.1 Å². The molecule has 0 aliphatic rings. The number of nitrogens with zero attached hydrogens (tertiary/aromatic N) is 4. The lowest BCUT2D eigenvalue weighted by atomic mass is 10.4. The molecule has 2 heterocycles. The summed E-state index contributed by atoms with van der Waals surface area (Å²) in [6.07, 6.45) is 4.47. The van der Waals surface area contributed by atoms with Gasteiger partial charge in [-0.1, -0.05) is 0 Å². The van der Waals surface area contributed by atoms with Crippen molar-refractivity contribution in [1.82, 2.24) is 19.1 Å². The number of aromatic nitrogens is 4. The number of amides is 1. The molecule has 8 nitrogen and oxygen atoms in total. The molecule has 2 aromatic rings. The fourth-order valence-corrected chi connectivity index (χ4v) is 1.44. The average molecular weight is 249 g/mol. The van der Waals surface area contributed by atoms with E-state index in [1.165, 1.54) is 24.1 Å². The van der Waals surface area contributed by atoms with E-state index in [4.69, 9.17) is 5.11 Å². The van der Waals surface area contributed by atoms with Gasteiger partial charge in [0.1, 0.15) is 5.69 Å². The van der Waals surface area contributed by atoms with Crippen molar-refractivity contribution >= 4 is 17.7 Å². The standard InChI is InChI=1S/C10H11N5O3/c1-14-3-6(11-5-14)9(16)13-7-4-15(2)8(12-7)10(17)18/h3-5H,1-2H3,(H,13,16)(H,17,18). The molecule has 2 N–H and O–H groups in total. The van der Waals surface area contributed by atoms with Gasteiger partial charge in [-0.25, -0.2) is 14.8 Å². The average Bonchev–Trinajstić information content (AvgIpc) is 2.85. The Morgan fingerprint density at radius 3 is 2.56 bits per heavy atom.